The number of hydrogen-bond donors (Lipinski definition) is 2. The lowest BCUT2D eigenvalue weighted by Crippen LogP contribution is -2.04. The number of benzene rings is 1. The zero-order valence-electron chi connectivity index (χ0n) is 10.9. The average Bonchev–Trinajstić information content (AvgIpc) is 2.82. The number of aromatic amines is 1. The van der Waals surface area contributed by atoms with Crippen LogP contribution in [0.4, 0.5) is 15.8 Å². The van der Waals surface area contributed by atoms with Crippen molar-refractivity contribution in [2.75, 3.05) is 12.4 Å². The summed E-state index contributed by atoms with van der Waals surface area (Å²) in [5.41, 5.74) is 1.47. The summed E-state index contributed by atoms with van der Waals surface area (Å²) in [4.78, 5) is 10.1. The molecule has 8 heteroatoms. The quantitative estimate of drug-likeness (QED) is 0.648. The van der Waals surface area contributed by atoms with Crippen LogP contribution in [0.2, 0.25) is 0 Å². The molecule has 0 aliphatic carbocycles. The molecule has 2 N–H and O–H groups in total. The molecule has 1 heterocycles. The predicted molar refractivity (Wildman–Crippen MR) is 70.3 cm³/mol. The summed E-state index contributed by atoms with van der Waals surface area (Å²) in [6, 6.07) is 2.10. The number of anilines is 1. The highest BCUT2D eigenvalue weighted by atomic mass is 19.1. The number of methoxy groups -OCH3 is 1. The van der Waals surface area contributed by atoms with Gasteiger partial charge < -0.3 is 10.1 Å². The second kappa shape index (κ2) is 5.55. The molecule has 0 aliphatic heterocycles. The number of aryl methyl sites for hydroxylation is 1. The van der Waals surface area contributed by atoms with Gasteiger partial charge in [-0.1, -0.05) is 0 Å². The number of ether oxygens (including phenoxy) is 1. The van der Waals surface area contributed by atoms with Crippen molar-refractivity contribution < 1.29 is 14.1 Å². The van der Waals surface area contributed by atoms with E-state index in [1.807, 2.05) is 6.92 Å². The summed E-state index contributed by atoms with van der Waals surface area (Å²) in [6.07, 6.45) is 1.63. The Balaban J connectivity index is 2.24. The third-order valence-electron chi connectivity index (χ3n) is 2.87. The van der Waals surface area contributed by atoms with Crippen LogP contribution in [0, 0.1) is 22.9 Å². The molecule has 1 aromatic heterocycles. The smallest absolute Gasteiger partial charge is 0.313 e. The zero-order valence-corrected chi connectivity index (χ0v) is 10.9. The van der Waals surface area contributed by atoms with E-state index in [9.17, 15) is 14.5 Å². The number of H-pyrrole nitrogens is 1. The van der Waals surface area contributed by atoms with Crippen LogP contribution in [0.15, 0.2) is 18.3 Å². The van der Waals surface area contributed by atoms with Crippen LogP contribution < -0.4 is 10.1 Å². The molecule has 20 heavy (non-hydrogen) atoms. The minimum absolute atomic E-state index is 0.00261. The van der Waals surface area contributed by atoms with Gasteiger partial charge in [0.1, 0.15) is 0 Å². The van der Waals surface area contributed by atoms with E-state index in [0.29, 0.717) is 6.54 Å². The lowest BCUT2D eigenvalue weighted by atomic mass is 10.2. The first-order valence-corrected chi connectivity index (χ1v) is 5.77. The molecule has 7 nitrogen and oxygen atoms in total. The first-order valence-electron chi connectivity index (χ1n) is 5.77. The topological polar surface area (TPSA) is 93.1 Å². The van der Waals surface area contributed by atoms with Crippen molar-refractivity contribution in [1.29, 1.82) is 0 Å². The lowest BCUT2D eigenvalue weighted by Gasteiger charge is -2.09. The molecule has 0 fully saturated rings. The van der Waals surface area contributed by atoms with Crippen molar-refractivity contribution in [3.63, 3.8) is 0 Å². The van der Waals surface area contributed by atoms with Crippen LogP contribution in [0.1, 0.15) is 11.3 Å². The average molecular weight is 280 g/mol. The second-order valence-corrected chi connectivity index (χ2v) is 4.13. The number of halogens is 1. The molecule has 0 saturated heterocycles. The fourth-order valence-electron chi connectivity index (χ4n) is 1.73. The van der Waals surface area contributed by atoms with E-state index in [4.69, 9.17) is 4.74 Å². The Labute approximate surface area is 113 Å². The number of rotatable bonds is 5. The molecule has 0 radical (unpaired) electrons. The van der Waals surface area contributed by atoms with Gasteiger partial charge in [-0.2, -0.15) is 5.10 Å². The fraction of sp³-hybridized carbons (Fsp3) is 0.250. The SMILES string of the molecule is COc1cc(NCc2cn[nH]c2C)c(F)cc1[N+](=O)[O-]. The van der Waals surface area contributed by atoms with Crippen LogP contribution in [0.5, 0.6) is 5.75 Å². The predicted octanol–water partition coefficient (Wildman–Crippen LogP) is 2.39. The van der Waals surface area contributed by atoms with Crippen molar-refractivity contribution in [2.24, 2.45) is 0 Å². The van der Waals surface area contributed by atoms with E-state index in [0.717, 1.165) is 17.3 Å². The maximum atomic E-state index is 13.8. The van der Waals surface area contributed by atoms with Gasteiger partial charge in [-0.3, -0.25) is 15.2 Å². The molecule has 0 spiro atoms. The monoisotopic (exact) mass is 280 g/mol. The van der Waals surface area contributed by atoms with Gasteiger partial charge in [0.2, 0.25) is 0 Å². The molecule has 2 aromatic rings. The molecule has 106 valence electrons. The summed E-state index contributed by atoms with van der Waals surface area (Å²) in [5.74, 6) is -0.707. The van der Waals surface area contributed by atoms with Crippen LogP contribution in [0.25, 0.3) is 0 Å². The highest BCUT2D eigenvalue weighted by molar-refractivity contribution is 5.59. The Hall–Kier alpha value is -2.64. The number of nitro groups is 1. The molecule has 0 amide bonds. The molecule has 0 bridgehead atoms. The van der Waals surface area contributed by atoms with Crippen LogP contribution in [-0.2, 0) is 6.54 Å². The number of nitrogens with zero attached hydrogens (tertiary/aromatic N) is 2. The molecular weight excluding hydrogens is 267 g/mol. The maximum Gasteiger partial charge on any atom is 0.313 e. The van der Waals surface area contributed by atoms with Crippen molar-refractivity contribution >= 4 is 11.4 Å². The molecule has 0 aliphatic rings. The van der Waals surface area contributed by atoms with Gasteiger partial charge >= 0.3 is 5.69 Å². The van der Waals surface area contributed by atoms with E-state index in [-0.39, 0.29) is 11.4 Å². The minimum Gasteiger partial charge on any atom is -0.490 e. The van der Waals surface area contributed by atoms with Crippen molar-refractivity contribution in [2.45, 2.75) is 13.5 Å². The van der Waals surface area contributed by atoms with Crippen molar-refractivity contribution in [3.8, 4) is 5.75 Å². The third kappa shape index (κ3) is 2.68. The van der Waals surface area contributed by atoms with Crippen molar-refractivity contribution in [1.82, 2.24) is 10.2 Å². The number of nitro benzene ring substituents is 1. The van der Waals surface area contributed by atoms with Gasteiger partial charge in [-0.15, -0.1) is 0 Å². The summed E-state index contributed by atoms with van der Waals surface area (Å²) in [5, 5.41) is 20.2. The minimum atomic E-state index is -0.710. The van der Waals surface area contributed by atoms with Crippen LogP contribution in [-0.4, -0.2) is 22.2 Å². The first-order chi connectivity index (χ1) is 9.52. The Morgan fingerprint density at radius 1 is 1.55 bits per heavy atom. The molecule has 0 atom stereocenters. The summed E-state index contributed by atoms with van der Waals surface area (Å²) >= 11 is 0. The molecule has 1 aromatic carbocycles. The zero-order chi connectivity index (χ0) is 14.7. The van der Waals surface area contributed by atoms with Gasteiger partial charge in [0.15, 0.2) is 11.6 Å². The van der Waals surface area contributed by atoms with E-state index < -0.39 is 16.4 Å². The Morgan fingerprint density at radius 3 is 2.85 bits per heavy atom. The van der Waals surface area contributed by atoms with Gasteiger partial charge in [-0.25, -0.2) is 4.39 Å². The summed E-state index contributed by atoms with van der Waals surface area (Å²) in [7, 11) is 1.30. The van der Waals surface area contributed by atoms with E-state index in [1.165, 1.54) is 13.2 Å². The first kappa shape index (κ1) is 13.8. The second-order valence-electron chi connectivity index (χ2n) is 4.13. The van der Waals surface area contributed by atoms with Crippen LogP contribution in [0.3, 0.4) is 0 Å². The van der Waals surface area contributed by atoms with E-state index in [1.54, 1.807) is 6.20 Å². The maximum absolute atomic E-state index is 13.8. The normalized spacial score (nSPS) is 10.3. The molecule has 2 rings (SSSR count). The fourth-order valence-corrected chi connectivity index (χ4v) is 1.73. The standard InChI is InChI=1S/C12H13FN4O3/c1-7-8(6-15-16-7)5-14-10-4-12(20-2)11(17(18)19)3-9(10)13/h3-4,6,14H,5H2,1-2H3,(H,15,16). The largest absolute Gasteiger partial charge is 0.490 e. The molecular formula is C12H13FN4O3. The Bertz CT molecular complexity index is 642. The molecule has 0 unspecified atom stereocenters. The summed E-state index contributed by atoms with van der Waals surface area (Å²) < 4.78 is 18.7. The number of hydrogen-bond acceptors (Lipinski definition) is 5. The van der Waals surface area contributed by atoms with E-state index >= 15 is 0 Å². The van der Waals surface area contributed by atoms with Crippen molar-refractivity contribution in [3.05, 3.63) is 45.5 Å². The van der Waals surface area contributed by atoms with Crippen LogP contribution >= 0.6 is 0 Å². The molecule has 0 saturated carbocycles. The van der Waals surface area contributed by atoms with E-state index in [2.05, 4.69) is 15.5 Å². The highest BCUT2D eigenvalue weighted by Crippen LogP contribution is 2.32. The lowest BCUT2D eigenvalue weighted by molar-refractivity contribution is -0.385. The number of aromatic nitrogens is 2. The highest BCUT2D eigenvalue weighted by Gasteiger charge is 2.19. The Kier molecular flexibility index (Phi) is 3.83. The van der Waals surface area contributed by atoms with Gasteiger partial charge in [-0.05, 0) is 6.92 Å². The third-order valence-corrected chi connectivity index (χ3v) is 2.87. The summed E-state index contributed by atoms with van der Waals surface area (Å²) in [6.45, 7) is 2.19. The van der Waals surface area contributed by atoms with Gasteiger partial charge in [0.25, 0.3) is 0 Å². The number of nitrogens with one attached hydrogen (secondary N) is 2. The van der Waals surface area contributed by atoms with Gasteiger partial charge in [0.05, 0.1) is 30.0 Å². The van der Waals surface area contributed by atoms with Gasteiger partial charge in [0, 0.05) is 23.9 Å². The Morgan fingerprint density at radius 2 is 2.30 bits per heavy atom.